The Morgan fingerprint density at radius 2 is 1.13 bits per heavy atom. The van der Waals surface area contributed by atoms with E-state index in [0.717, 1.165) is 27.9 Å². The number of pyridine rings is 2. The molecular formula is C34H49N7O8S4. The first-order valence-electron chi connectivity index (χ1n) is 17.3. The van der Waals surface area contributed by atoms with Gasteiger partial charge in [-0.1, -0.05) is 46.6 Å². The summed E-state index contributed by atoms with van der Waals surface area (Å²) >= 11 is 0. The lowest BCUT2D eigenvalue weighted by Gasteiger charge is -2.23. The zero-order valence-corrected chi connectivity index (χ0v) is 32.9. The monoisotopic (exact) mass is 811 g/mol. The van der Waals surface area contributed by atoms with Gasteiger partial charge in [0.25, 0.3) is 5.91 Å². The molecule has 0 saturated carbocycles. The molecule has 0 aliphatic heterocycles. The van der Waals surface area contributed by atoms with Gasteiger partial charge < -0.3 is 25.8 Å². The van der Waals surface area contributed by atoms with E-state index in [1.807, 2.05) is 36.4 Å². The van der Waals surface area contributed by atoms with Gasteiger partial charge in [0.2, 0.25) is 23.6 Å². The van der Waals surface area contributed by atoms with Gasteiger partial charge in [0, 0.05) is 69.2 Å². The summed E-state index contributed by atoms with van der Waals surface area (Å²) < 4.78 is 4.88. The van der Waals surface area contributed by atoms with Crippen molar-refractivity contribution in [2.75, 3.05) is 50.9 Å². The molecule has 2 aromatic heterocycles. The van der Waals surface area contributed by atoms with Crippen LogP contribution in [0.25, 0.3) is 0 Å². The highest BCUT2D eigenvalue weighted by molar-refractivity contribution is 8.77. The molecule has 2 aromatic rings. The summed E-state index contributed by atoms with van der Waals surface area (Å²) in [6, 6.07) is 11.4. The summed E-state index contributed by atoms with van der Waals surface area (Å²) in [5.41, 5.74) is 2.52. The summed E-state index contributed by atoms with van der Waals surface area (Å²) in [6.07, 6.45) is 8.66. The van der Waals surface area contributed by atoms with Crippen LogP contribution in [0.1, 0.15) is 64.2 Å². The third kappa shape index (κ3) is 25.2. The zero-order valence-electron chi connectivity index (χ0n) is 29.6. The van der Waals surface area contributed by atoms with E-state index in [9.17, 15) is 28.8 Å². The number of rotatable bonds is 29. The Morgan fingerprint density at radius 1 is 0.623 bits per heavy atom. The van der Waals surface area contributed by atoms with Crippen LogP contribution in [0.5, 0.6) is 0 Å². The van der Waals surface area contributed by atoms with Gasteiger partial charge in [0.1, 0.15) is 23.3 Å². The topological polar surface area (TPSA) is 209 Å². The van der Waals surface area contributed by atoms with Crippen LogP contribution in [0.15, 0.2) is 58.8 Å². The van der Waals surface area contributed by atoms with Gasteiger partial charge in [-0.05, 0) is 71.5 Å². The number of amides is 5. The minimum absolute atomic E-state index is 0.0181. The summed E-state index contributed by atoms with van der Waals surface area (Å²) in [6.45, 7) is -0.174. The van der Waals surface area contributed by atoms with Crippen molar-refractivity contribution in [3.63, 3.8) is 0 Å². The van der Waals surface area contributed by atoms with Gasteiger partial charge in [-0.2, -0.15) is 0 Å². The second kappa shape index (κ2) is 29.9. The Morgan fingerprint density at radius 3 is 1.64 bits per heavy atom. The van der Waals surface area contributed by atoms with Crippen LogP contribution < -0.4 is 21.4 Å². The van der Waals surface area contributed by atoms with Crippen molar-refractivity contribution in [3.05, 3.63) is 48.8 Å². The minimum Gasteiger partial charge on any atom is -0.480 e. The van der Waals surface area contributed by atoms with Crippen molar-refractivity contribution in [1.29, 1.82) is 0 Å². The number of nitrogens with one attached hydrogen (secondary N) is 4. The van der Waals surface area contributed by atoms with E-state index in [-0.39, 0.29) is 43.7 Å². The van der Waals surface area contributed by atoms with E-state index >= 15 is 0 Å². The molecule has 0 aliphatic carbocycles. The third-order valence-corrected chi connectivity index (χ3v) is 11.4. The number of carboxylic acid groups (broad SMARTS) is 1. The molecule has 5 amide bonds. The Bertz CT molecular complexity index is 1380. The molecule has 15 nitrogen and oxygen atoms in total. The van der Waals surface area contributed by atoms with E-state index in [1.54, 1.807) is 34.0 Å². The number of carbonyl (C=O) groups is 6. The second-order valence-corrected chi connectivity index (χ2v) is 16.2. The Labute approximate surface area is 326 Å². The Hall–Kier alpha value is -3.52. The van der Waals surface area contributed by atoms with Gasteiger partial charge in [-0.3, -0.25) is 34.4 Å². The molecule has 0 unspecified atom stereocenters. The highest BCUT2D eigenvalue weighted by Crippen LogP contribution is 2.30. The van der Waals surface area contributed by atoms with E-state index in [2.05, 4.69) is 31.3 Å². The van der Waals surface area contributed by atoms with Gasteiger partial charge in [-0.25, -0.2) is 14.8 Å². The average Bonchev–Trinajstić information content (AvgIpc) is 3.15. The first-order valence-corrected chi connectivity index (χ1v) is 22.0. The molecule has 0 atom stereocenters. The Balaban J connectivity index is 1.54. The third-order valence-electron chi connectivity index (χ3n) is 6.86. The van der Waals surface area contributed by atoms with Crippen molar-refractivity contribution in [3.8, 4) is 0 Å². The molecule has 2 rings (SSSR count). The predicted octanol–water partition coefficient (Wildman–Crippen LogP) is 3.87. The van der Waals surface area contributed by atoms with Crippen molar-refractivity contribution >= 4 is 78.7 Å². The highest BCUT2D eigenvalue weighted by atomic mass is 33.1. The molecule has 0 fully saturated rings. The summed E-state index contributed by atoms with van der Waals surface area (Å²) in [4.78, 5) is 80.9. The second-order valence-electron chi connectivity index (χ2n) is 11.3. The van der Waals surface area contributed by atoms with Crippen LogP contribution >= 0.6 is 43.2 Å². The maximum absolute atomic E-state index is 12.6. The number of hydrogen-bond donors (Lipinski definition) is 5. The SMILES string of the molecule is O=C(O)COCC(=O)N(CCNC(=O)CCCCCNC(=O)CCSSc1ccccn1)NC(=O)CCCCCNC(=O)CCSSc1ccccn1. The molecule has 0 saturated heterocycles. The van der Waals surface area contributed by atoms with Gasteiger partial charge >= 0.3 is 5.97 Å². The molecular weight excluding hydrogens is 763 g/mol. The van der Waals surface area contributed by atoms with Crippen LogP contribution in [-0.2, 0) is 33.5 Å². The van der Waals surface area contributed by atoms with E-state index in [0.29, 0.717) is 63.1 Å². The fraction of sp³-hybridized carbons (Fsp3) is 0.529. The number of hydrogen-bond acceptors (Lipinski definition) is 13. The maximum atomic E-state index is 12.6. The highest BCUT2D eigenvalue weighted by Gasteiger charge is 2.17. The first kappa shape index (κ1) is 45.6. The van der Waals surface area contributed by atoms with Crippen LogP contribution in [0, 0.1) is 0 Å². The fourth-order valence-electron chi connectivity index (χ4n) is 4.22. The van der Waals surface area contributed by atoms with Crippen LogP contribution in [0.3, 0.4) is 0 Å². The van der Waals surface area contributed by atoms with Crippen molar-refractivity contribution < 1.29 is 38.6 Å². The first-order chi connectivity index (χ1) is 25.7. The molecule has 19 heteroatoms. The fourth-order valence-corrected chi connectivity index (χ4v) is 7.96. The normalized spacial score (nSPS) is 10.6. The number of ether oxygens (including phenoxy) is 1. The van der Waals surface area contributed by atoms with Gasteiger partial charge in [-0.15, -0.1) is 0 Å². The number of aliphatic carboxylic acids is 1. The number of nitrogens with zero attached hydrogens (tertiary/aromatic N) is 3. The summed E-state index contributed by atoms with van der Waals surface area (Å²) in [7, 11) is 6.20. The van der Waals surface area contributed by atoms with Crippen LogP contribution in [-0.4, -0.2) is 106 Å². The molecule has 0 aromatic carbocycles. The molecule has 292 valence electrons. The molecule has 53 heavy (non-hydrogen) atoms. The Kier molecular flexibility index (Phi) is 25.7. The van der Waals surface area contributed by atoms with Crippen molar-refractivity contribution in [2.24, 2.45) is 0 Å². The number of aromatic nitrogens is 2. The zero-order chi connectivity index (χ0) is 38.4. The number of hydrazine groups is 1. The van der Waals surface area contributed by atoms with Crippen molar-refractivity contribution in [1.82, 2.24) is 36.4 Å². The average molecular weight is 812 g/mol. The summed E-state index contributed by atoms with van der Waals surface area (Å²) in [5.74, 6) is -1.24. The van der Waals surface area contributed by atoms with Gasteiger partial charge in [0.15, 0.2) is 0 Å². The van der Waals surface area contributed by atoms with Gasteiger partial charge in [0.05, 0.1) is 6.54 Å². The molecule has 5 N–H and O–H groups in total. The predicted molar refractivity (Wildman–Crippen MR) is 209 cm³/mol. The number of unbranched alkanes of at least 4 members (excludes halogenated alkanes) is 4. The van der Waals surface area contributed by atoms with Crippen molar-refractivity contribution in [2.45, 2.75) is 74.3 Å². The van der Waals surface area contributed by atoms with Crippen LogP contribution in [0.2, 0.25) is 0 Å². The maximum Gasteiger partial charge on any atom is 0.329 e. The number of carbonyl (C=O) groups excluding carboxylic acids is 5. The molecule has 0 spiro atoms. The lowest BCUT2D eigenvalue weighted by atomic mass is 10.2. The summed E-state index contributed by atoms with van der Waals surface area (Å²) in [5, 5.41) is 20.1. The minimum atomic E-state index is -1.23. The van der Waals surface area contributed by atoms with E-state index < -0.39 is 31.0 Å². The lowest BCUT2D eigenvalue weighted by Crippen LogP contribution is -2.50. The quantitative estimate of drug-likeness (QED) is 0.0449. The number of carboxylic acids is 1. The molecule has 0 radical (unpaired) electrons. The smallest absolute Gasteiger partial charge is 0.329 e. The van der Waals surface area contributed by atoms with Crippen LogP contribution in [0.4, 0.5) is 0 Å². The molecule has 2 heterocycles. The molecule has 0 bridgehead atoms. The lowest BCUT2D eigenvalue weighted by molar-refractivity contribution is -0.150. The van der Waals surface area contributed by atoms with E-state index in [1.165, 1.54) is 21.6 Å². The van der Waals surface area contributed by atoms with E-state index in [4.69, 9.17) is 9.84 Å². The molecule has 0 aliphatic rings. The largest absolute Gasteiger partial charge is 0.480 e. The standard InChI is InChI=1S/C34H49N7O8S4/c42-27(11-3-1-7-17-35-28(43)15-23-50-52-31-13-5-9-19-38-31)37-21-22-41(33(46)25-49-26-34(47)48)40-30(45)12-4-2-8-18-36-29(44)16-24-51-53-32-14-6-10-20-39-32/h5-6,9-10,13-14,19-20H,1-4,7-8,11-12,15-18,21-26H2,(H,35,43)(H,36,44)(H,37,42)(H,40,45)(H,47,48).